The second-order valence-corrected chi connectivity index (χ2v) is 5.54. The summed E-state index contributed by atoms with van der Waals surface area (Å²) in [7, 11) is 1.35. The summed E-state index contributed by atoms with van der Waals surface area (Å²) in [4.78, 5) is 34.8. The molecule has 0 heterocycles. The van der Waals surface area contributed by atoms with Crippen molar-refractivity contribution in [2.45, 2.75) is 38.8 Å². The molecular weight excluding hydrogens is 332 g/mol. The third-order valence-corrected chi connectivity index (χ3v) is 3.58. The third-order valence-electron chi connectivity index (χ3n) is 3.58. The summed E-state index contributed by atoms with van der Waals surface area (Å²) < 4.78 is 15.4. The van der Waals surface area contributed by atoms with Crippen LogP contribution in [0.1, 0.15) is 37.0 Å². The molecule has 1 N–H and O–H groups in total. The second-order valence-electron chi connectivity index (χ2n) is 5.54. The molecule has 0 radical (unpaired) electrons. The van der Waals surface area contributed by atoms with Crippen LogP contribution in [0.4, 0.5) is 5.69 Å². The molecule has 1 amide bonds. The van der Waals surface area contributed by atoms with Crippen molar-refractivity contribution in [1.29, 1.82) is 0 Å². The van der Waals surface area contributed by atoms with Crippen molar-refractivity contribution in [2.24, 2.45) is 0 Å². The number of carbonyl (C=O) groups is 2. The monoisotopic (exact) mass is 352 g/mol. The van der Waals surface area contributed by atoms with Gasteiger partial charge >= 0.3 is 5.97 Å². The van der Waals surface area contributed by atoms with E-state index in [2.05, 4.69) is 5.32 Å². The van der Waals surface area contributed by atoms with E-state index in [1.807, 2.05) is 0 Å². The number of rotatable bonds is 8. The lowest BCUT2D eigenvalue weighted by Crippen LogP contribution is -2.37. The third kappa shape index (κ3) is 4.59. The van der Waals surface area contributed by atoms with Crippen molar-refractivity contribution in [2.75, 3.05) is 13.7 Å². The maximum atomic E-state index is 12.3. The first-order valence-corrected chi connectivity index (χ1v) is 7.88. The molecule has 9 nitrogen and oxygen atoms in total. The normalized spacial score (nSPS) is 14.4. The van der Waals surface area contributed by atoms with Crippen molar-refractivity contribution >= 4 is 17.6 Å². The molecule has 1 fully saturated rings. The van der Waals surface area contributed by atoms with Gasteiger partial charge in [0.2, 0.25) is 0 Å². The molecule has 9 heteroatoms. The Bertz CT molecular complexity index is 685. The van der Waals surface area contributed by atoms with Crippen LogP contribution in [-0.2, 0) is 9.53 Å². The van der Waals surface area contributed by atoms with Gasteiger partial charge < -0.3 is 19.5 Å². The predicted octanol–water partition coefficient (Wildman–Crippen LogP) is 1.83. The Morgan fingerprint density at radius 1 is 1.36 bits per heavy atom. The van der Waals surface area contributed by atoms with E-state index >= 15 is 0 Å². The first-order chi connectivity index (χ1) is 11.9. The number of benzene rings is 1. The average molecular weight is 352 g/mol. The average Bonchev–Trinajstić information content (AvgIpc) is 3.38. The first-order valence-electron chi connectivity index (χ1n) is 7.88. The maximum Gasteiger partial charge on any atom is 0.346 e. The number of ether oxygens (including phenoxy) is 3. The highest BCUT2D eigenvalue weighted by Crippen LogP contribution is 2.35. The van der Waals surface area contributed by atoms with Crippen LogP contribution in [0.3, 0.4) is 0 Å². The number of amides is 1. The Morgan fingerprint density at radius 3 is 2.56 bits per heavy atom. The molecule has 0 bridgehead atoms. The summed E-state index contributed by atoms with van der Waals surface area (Å²) >= 11 is 0. The fourth-order valence-corrected chi connectivity index (χ4v) is 2.12. The van der Waals surface area contributed by atoms with Crippen molar-refractivity contribution in [3.8, 4) is 11.5 Å². The lowest BCUT2D eigenvalue weighted by atomic mass is 10.1. The Kier molecular flexibility index (Phi) is 5.79. The zero-order valence-corrected chi connectivity index (χ0v) is 14.2. The number of carbonyl (C=O) groups excluding carboxylic acids is 2. The molecule has 1 aromatic rings. The van der Waals surface area contributed by atoms with Gasteiger partial charge in [-0.25, -0.2) is 4.79 Å². The Hall–Kier alpha value is -2.84. The molecule has 1 atom stereocenters. The molecule has 0 saturated heterocycles. The second kappa shape index (κ2) is 7.82. The van der Waals surface area contributed by atoms with Gasteiger partial charge in [0.15, 0.2) is 17.6 Å². The lowest BCUT2D eigenvalue weighted by molar-refractivity contribution is -0.385. The minimum absolute atomic E-state index is 0.119. The molecule has 1 aromatic carbocycles. The van der Waals surface area contributed by atoms with Crippen LogP contribution in [0, 0.1) is 10.1 Å². The highest BCUT2D eigenvalue weighted by atomic mass is 16.6. The molecule has 0 aliphatic heterocycles. The van der Waals surface area contributed by atoms with Gasteiger partial charge in [0.05, 0.1) is 24.7 Å². The first kappa shape index (κ1) is 18.5. The standard InChI is InChI=1S/C16H20N2O7/c1-4-24-14-8-12(18(21)22)11(7-13(14)23-3)16(20)25-9(2)15(19)17-10-5-6-10/h7-10H,4-6H2,1-3H3,(H,17,19)/t9-/m0/s1. The van der Waals surface area contributed by atoms with E-state index in [1.54, 1.807) is 6.92 Å². The Balaban J connectivity index is 2.24. The van der Waals surface area contributed by atoms with Gasteiger partial charge in [0.25, 0.3) is 11.6 Å². The number of methoxy groups -OCH3 is 1. The Labute approximate surface area is 144 Å². The lowest BCUT2D eigenvalue weighted by Gasteiger charge is -2.15. The minimum atomic E-state index is -1.06. The number of nitro benzene ring substituents is 1. The number of nitrogens with one attached hydrogen (secondary N) is 1. The number of hydrogen-bond acceptors (Lipinski definition) is 7. The van der Waals surface area contributed by atoms with Gasteiger partial charge in [0, 0.05) is 12.1 Å². The van der Waals surface area contributed by atoms with Gasteiger partial charge in [-0.2, -0.15) is 0 Å². The van der Waals surface area contributed by atoms with Crippen LogP contribution < -0.4 is 14.8 Å². The Morgan fingerprint density at radius 2 is 2.04 bits per heavy atom. The van der Waals surface area contributed by atoms with Crippen molar-refractivity contribution in [3.63, 3.8) is 0 Å². The van der Waals surface area contributed by atoms with Crippen LogP contribution >= 0.6 is 0 Å². The topological polar surface area (TPSA) is 117 Å². The molecule has 0 spiro atoms. The summed E-state index contributed by atoms with van der Waals surface area (Å²) in [5.74, 6) is -1.11. The summed E-state index contributed by atoms with van der Waals surface area (Å²) in [5, 5.41) is 14.0. The molecule has 2 rings (SSSR count). The molecule has 1 aliphatic carbocycles. The zero-order chi connectivity index (χ0) is 18.6. The van der Waals surface area contributed by atoms with Gasteiger partial charge in [-0.3, -0.25) is 14.9 Å². The van der Waals surface area contributed by atoms with Crippen LogP contribution in [0.25, 0.3) is 0 Å². The van der Waals surface area contributed by atoms with E-state index in [9.17, 15) is 19.7 Å². The summed E-state index contributed by atoms with van der Waals surface area (Å²) in [6, 6.07) is 2.40. The van der Waals surface area contributed by atoms with Crippen LogP contribution in [0.15, 0.2) is 12.1 Å². The highest BCUT2D eigenvalue weighted by Gasteiger charge is 2.30. The predicted molar refractivity (Wildman–Crippen MR) is 86.9 cm³/mol. The summed E-state index contributed by atoms with van der Waals surface area (Å²) in [5.41, 5.74) is -0.791. The van der Waals surface area contributed by atoms with E-state index in [4.69, 9.17) is 14.2 Å². The molecule has 0 unspecified atom stereocenters. The molecule has 1 aliphatic rings. The maximum absolute atomic E-state index is 12.3. The largest absolute Gasteiger partial charge is 0.493 e. The number of esters is 1. The van der Waals surface area contributed by atoms with Gasteiger partial charge in [-0.05, 0) is 26.7 Å². The summed E-state index contributed by atoms with van der Waals surface area (Å²) in [6.45, 7) is 3.40. The SMILES string of the molecule is CCOc1cc([N+](=O)[O-])c(C(=O)O[C@@H](C)C(=O)NC2CC2)cc1OC. The fourth-order valence-electron chi connectivity index (χ4n) is 2.12. The molecule has 136 valence electrons. The van der Waals surface area contributed by atoms with E-state index in [0.717, 1.165) is 18.9 Å². The van der Waals surface area contributed by atoms with E-state index in [1.165, 1.54) is 20.1 Å². The molecule has 25 heavy (non-hydrogen) atoms. The van der Waals surface area contributed by atoms with E-state index in [0.29, 0.717) is 0 Å². The van der Waals surface area contributed by atoms with Crippen LogP contribution in [0.5, 0.6) is 11.5 Å². The molecular formula is C16H20N2O7. The smallest absolute Gasteiger partial charge is 0.346 e. The molecule has 1 saturated carbocycles. The van der Waals surface area contributed by atoms with Crippen molar-refractivity contribution in [3.05, 3.63) is 27.8 Å². The van der Waals surface area contributed by atoms with Gasteiger partial charge in [-0.1, -0.05) is 0 Å². The molecule has 0 aromatic heterocycles. The van der Waals surface area contributed by atoms with Crippen LogP contribution in [0.2, 0.25) is 0 Å². The van der Waals surface area contributed by atoms with Gasteiger partial charge in [0.1, 0.15) is 5.56 Å². The quantitative estimate of drug-likeness (QED) is 0.431. The van der Waals surface area contributed by atoms with Crippen molar-refractivity contribution < 1.29 is 28.7 Å². The van der Waals surface area contributed by atoms with E-state index < -0.39 is 28.6 Å². The number of hydrogen-bond donors (Lipinski definition) is 1. The van der Waals surface area contributed by atoms with Crippen LogP contribution in [-0.4, -0.2) is 42.7 Å². The van der Waals surface area contributed by atoms with Gasteiger partial charge in [-0.15, -0.1) is 0 Å². The number of nitrogens with zero attached hydrogens (tertiary/aromatic N) is 1. The number of nitro groups is 1. The fraction of sp³-hybridized carbons (Fsp3) is 0.500. The highest BCUT2D eigenvalue weighted by molar-refractivity contribution is 5.96. The van der Waals surface area contributed by atoms with E-state index in [-0.39, 0.29) is 29.7 Å². The zero-order valence-electron chi connectivity index (χ0n) is 14.2. The summed E-state index contributed by atoms with van der Waals surface area (Å²) in [6.07, 6.45) is 0.729. The minimum Gasteiger partial charge on any atom is -0.493 e. The van der Waals surface area contributed by atoms with Crippen molar-refractivity contribution in [1.82, 2.24) is 5.32 Å².